The van der Waals surface area contributed by atoms with Crippen molar-refractivity contribution in [2.75, 3.05) is 5.32 Å². The number of aromatic nitrogens is 4. The van der Waals surface area contributed by atoms with E-state index < -0.39 is 0 Å². The van der Waals surface area contributed by atoms with Crippen molar-refractivity contribution in [2.45, 2.75) is 45.2 Å². The first-order valence-corrected chi connectivity index (χ1v) is 14.1. The van der Waals surface area contributed by atoms with Crippen LogP contribution in [0.5, 0.6) is 0 Å². The monoisotopic (exact) mass is 550 g/mol. The summed E-state index contributed by atoms with van der Waals surface area (Å²) in [7, 11) is 1.95. The summed E-state index contributed by atoms with van der Waals surface area (Å²) >= 11 is 0. The molecule has 3 atom stereocenters. The Morgan fingerprint density at radius 3 is 2.51 bits per heavy atom. The number of hydrogen-bond donors (Lipinski definition) is 1. The predicted octanol–water partition coefficient (Wildman–Crippen LogP) is 5.99. The van der Waals surface area contributed by atoms with E-state index in [9.17, 15) is 14.0 Å². The van der Waals surface area contributed by atoms with Crippen molar-refractivity contribution < 1.29 is 14.0 Å². The van der Waals surface area contributed by atoms with Crippen molar-refractivity contribution in [1.82, 2.24) is 24.1 Å². The highest BCUT2D eigenvalue weighted by atomic mass is 19.1. The summed E-state index contributed by atoms with van der Waals surface area (Å²) in [6.07, 6.45) is 6.39. The Bertz CT molecular complexity index is 1820. The minimum atomic E-state index is -0.282. The van der Waals surface area contributed by atoms with E-state index in [4.69, 9.17) is 0 Å². The maximum Gasteiger partial charge on any atom is 0.256 e. The summed E-state index contributed by atoms with van der Waals surface area (Å²) in [6.45, 7) is 4.26. The van der Waals surface area contributed by atoms with E-state index in [0.29, 0.717) is 23.1 Å². The molecule has 1 unspecified atom stereocenters. The highest BCUT2D eigenvalue weighted by Crippen LogP contribution is 2.42. The number of pyridine rings is 1. The van der Waals surface area contributed by atoms with Crippen LogP contribution in [0.3, 0.4) is 0 Å². The van der Waals surface area contributed by atoms with Gasteiger partial charge in [-0.3, -0.25) is 14.9 Å². The second-order valence-electron chi connectivity index (χ2n) is 11.5. The molecule has 208 valence electrons. The number of amides is 2. The van der Waals surface area contributed by atoms with Crippen molar-refractivity contribution in [2.24, 2.45) is 18.9 Å². The van der Waals surface area contributed by atoms with E-state index in [1.54, 1.807) is 16.6 Å². The predicted molar refractivity (Wildman–Crippen MR) is 155 cm³/mol. The molecule has 4 heterocycles. The van der Waals surface area contributed by atoms with Gasteiger partial charge in [-0.15, -0.1) is 5.10 Å². The van der Waals surface area contributed by atoms with Gasteiger partial charge in [0.25, 0.3) is 5.91 Å². The minimum Gasteiger partial charge on any atom is -0.350 e. The molecule has 9 heteroatoms. The minimum absolute atomic E-state index is 0.0251. The maximum atomic E-state index is 14.2. The molecule has 8 nitrogen and oxygen atoms in total. The van der Waals surface area contributed by atoms with E-state index in [1.165, 1.54) is 12.1 Å². The molecule has 2 aliphatic rings. The third-order valence-electron chi connectivity index (χ3n) is 8.76. The van der Waals surface area contributed by atoms with Gasteiger partial charge in [-0.05, 0) is 85.2 Å². The van der Waals surface area contributed by atoms with Crippen molar-refractivity contribution in [1.29, 1.82) is 0 Å². The van der Waals surface area contributed by atoms with Crippen LogP contribution in [-0.2, 0) is 11.8 Å². The fourth-order valence-corrected chi connectivity index (χ4v) is 6.08. The van der Waals surface area contributed by atoms with Gasteiger partial charge in [0.05, 0.1) is 11.6 Å². The summed E-state index contributed by atoms with van der Waals surface area (Å²) in [6, 6.07) is 16.4. The topological polar surface area (TPSA) is 84.5 Å². The molecular formula is C32H31FN6O2. The number of anilines is 1. The van der Waals surface area contributed by atoms with Crippen LogP contribution in [0.4, 0.5) is 10.3 Å². The molecule has 3 aromatic heterocycles. The van der Waals surface area contributed by atoms with Crippen LogP contribution < -0.4 is 5.32 Å². The van der Waals surface area contributed by atoms with Crippen LogP contribution in [0.25, 0.3) is 27.7 Å². The average molecular weight is 551 g/mol. The number of hydrogen-bond acceptors (Lipinski definition) is 4. The number of carbonyl (C=O) groups is 2. The number of likely N-dealkylation sites (tertiary alicyclic amines) is 1. The largest absolute Gasteiger partial charge is 0.350 e. The third-order valence-corrected chi connectivity index (χ3v) is 8.76. The van der Waals surface area contributed by atoms with Crippen LogP contribution >= 0.6 is 0 Å². The molecule has 41 heavy (non-hydrogen) atoms. The Balaban J connectivity index is 1.24. The molecule has 0 radical (unpaired) electrons. The van der Waals surface area contributed by atoms with Crippen molar-refractivity contribution in [3.63, 3.8) is 0 Å². The second-order valence-corrected chi connectivity index (χ2v) is 11.5. The molecule has 1 saturated carbocycles. The molecule has 1 aliphatic heterocycles. The molecule has 5 aromatic rings. The van der Waals surface area contributed by atoms with Gasteiger partial charge in [0.2, 0.25) is 11.9 Å². The van der Waals surface area contributed by atoms with Crippen molar-refractivity contribution in [3.8, 4) is 11.1 Å². The summed E-state index contributed by atoms with van der Waals surface area (Å²) in [5.41, 5.74) is 5.06. The number of fused-ring (bicyclic) bond motifs is 2. The molecule has 1 saturated heterocycles. The molecule has 0 bridgehead atoms. The number of aryl methyl sites for hydroxylation is 1. The molecule has 2 fully saturated rings. The second kappa shape index (κ2) is 9.54. The zero-order valence-corrected chi connectivity index (χ0v) is 23.2. The van der Waals surface area contributed by atoms with Gasteiger partial charge in [-0.1, -0.05) is 25.1 Å². The first-order chi connectivity index (χ1) is 19.8. The van der Waals surface area contributed by atoms with Crippen LogP contribution in [-0.4, -0.2) is 41.9 Å². The van der Waals surface area contributed by atoms with Gasteiger partial charge >= 0.3 is 0 Å². The first kappa shape index (κ1) is 25.4. The van der Waals surface area contributed by atoms with Crippen molar-refractivity contribution >= 4 is 34.3 Å². The highest BCUT2D eigenvalue weighted by molar-refractivity contribution is 6.08. The lowest BCUT2D eigenvalue weighted by Crippen LogP contribution is -2.37. The zero-order valence-electron chi connectivity index (χ0n) is 23.2. The first-order valence-electron chi connectivity index (χ1n) is 14.1. The van der Waals surface area contributed by atoms with Gasteiger partial charge in [0.15, 0.2) is 5.65 Å². The van der Waals surface area contributed by atoms with Gasteiger partial charge in [0, 0.05) is 42.3 Å². The summed E-state index contributed by atoms with van der Waals surface area (Å²) in [4.78, 5) is 32.9. The SMILES string of the molecule is CC1C[C@@H](c2ccc(F)cc2)N(C(=O)c2cn(C)c3ccc(-c4ccn5nc(NC(=O)C6CC6)nc5c4)cc23)[C@H]1C. The van der Waals surface area contributed by atoms with Crippen LogP contribution in [0, 0.1) is 17.7 Å². The number of rotatable bonds is 5. The van der Waals surface area contributed by atoms with Crippen LogP contribution in [0.2, 0.25) is 0 Å². The Kier molecular flexibility index (Phi) is 5.92. The number of carbonyl (C=O) groups excluding carboxylic acids is 2. The molecule has 0 spiro atoms. The lowest BCUT2D eigenvalue weighted by Gasteiger charge is -2.29. The third kappa shape index (κ3) is 4.45. The average Bonchev–Trinajstić information content (AvgIpc) is 3.58. The lowest BCUT2D eigenvalue weighted by atomic mass is 9.99. The molecule has 1 N–H and O–H groups in total. The lowest BCUT2D eigenvalue weighted by molar-refractivity contribution is -0.117. The Morgan fingerprint density at radius 2 is 1.76 bits per heavy atom. The van der Waals surface area contributed by atoms with Gasteiger partial charge in [-0.25, -0.2) is 8.91 Å². The Hall–Kier alpha value is -4.53. The normalized spacial score (nSPS) is 20.7. The molecule has 2 aromatic carbocycles. The van der Waals surface area contributed by atoms with E-state index in [2.05, 4.69) is 35.3 Å². The number of halogens is 1. The summed E-state index contributed by atoms with van der Waals surface area (Å²) < 4.78 is 17.3. The van der Waals surface area contributed by atoms with Gasteiger partial charge < -0.3 is 9.47 Å². The molecule has 7 rings (SSSR count). The standard InChI is InChI=1S/C32H31FN6O2/c1-18-14-28(20-6-9-24(33)10-7-20)39(19(18)2)31(41)26-17-37(3)27-11-8-22(15-25(26)27)23-12-13-38-29(16-23)34-32(36-38)35-30(40)21-4-5-21/h6-13,15-19,21,28H,4-5,14H2,1-3H3,(H,35,36,40)/t18?,19-,28-/m0/s1. The van der Waals surface area contributed by atoms with E-state index in [-0.39, 0.29) is 35.6 Å². The van der Waals surface area contributed by atoms with E-state index >= 15 is 0 Å². The van der Waals surface area contributed by atoms with Gasteiger partial charge in [-0.2, -0.15) is 4.98 Å². The van der Waals surface area contributed by atoms with Crippen LogP contribution in [0.1, 0.15) is 55.1 Å². The zero-order chi connectivity index (χ0) is 28.4. The fourth-order valence-electron chi connectivity index (χ4n) is 6.08. The maximum absolute atomic E-state index is 14.2. The van der Waals surface area contributed by atoms with Gasteiger partial charge in [0.1, 0.15) is 5.82 Å². The molecule has 2 amide bonds. The molecular weight excluding hydrogens is 519 g/mol. The number of benzene rings is 2. The van der Waals surface area contributed by atoms with Crippen molar-refractivity contribution in [3.05, 3.63) is 83.9 Å². The molecule has 1 aliphatic carbocycles. The Morgan fingerprint density at radius 1 is 1.00 bits per heavy atom. The highest BCUT2D eigenvalue weighted by Gasteiger charge is 2.41. The fraction of sp³-hybridized carbons (Fsp3) is 0.312. The van der Waals surface area contributed by atoms with E-state index in [1.807, 2.05) is 53.2 Å². The summed E-state index contributed by atoms with van der Waals surface area (Å²) in [5, 5.41) is 8.06. The van der Waals surface area contributed by atoms with E-state index in [0.717, 1.165) is 46.9 Å². The smallest absolute Gasteiger partial charge is 0.256 e. The number of nitrogens with one attached hydrogen (secondary N) is 1. The van der Waals surface area contributed by atoms with Crippen LogP contribution in [0.15, 0.2) is 67.0 Å². The summed E-state index contributed by atoms with van der Waals surface area (Å²) in [5.74, 6) is 0.350. The Labute approximate surface area is 236 Å². The number of nitrogens with zero attached hydrogens (tertiary/aromatic N) is 5. The quantitative estimate of drug-likeness (QED) is 0.292.